The van der Waals surface area contributed by atoms with Crippen molar-refractivity contribution in [2.24, 2.45) is 5.14 Å². The summed E-state index contributed by atoms with van der Waals surface area (Å²) in [6, 6.07) is 12.2. The summed E-state index contributed by atoms with van der Waals surface area (Å²) in [5.74, 6) is -0.843. The summed E-state index contributed by atoms with van der Waals surface area (Å²) in [7, 11) is -2.71. The second-order valence-electron chi connectivity index (χ2n) is 6.41. The van der Waals surface area contributed by atoms with Crippen molar-refractivity contribution in [3.63, 3.8) is 0 Å². The highest BCUT2D eigenvalue weighted by molar-refractivity contribution is 7.89. The molecule has 9 heteroatoms. The van der Waals surface area contributed by atoms with Gasteiger partial charge in [-0.3, -0.25) is 10.0 Å². The van der Waals surface area contributed by atoms with E-state index in [2.05, 4.69) is 0 Å². The van der Waals surface area contributed by atoms with Gasteiger partial charge in [-0.1, -0.05) is 30.3 Å². The molecule has 3 N–H and O–H groups in total. The summed E-state index contributed by atoms with van der Waals surface area (Å²) >= 11 is 1.36. The van der Waals surface area contributed by atoms with Crippen LogP contribution in [0.4, 0.5) is 4.39 Å². The molecule has 0 unspecified atom stereocenters. The van der Waals surface area contributed by atoms with Crippen molar-refractivity contribution in [2.75, 3.05) is 7.05 Å². The number of primary sulfonamides is 1. The number of nitrogens with zero attached hydrogens (tertiary/aromatic N) is 1. The summed E-state index contributed by atoms with van der Waals surface area (Å²) in [5.41, 5.74) is 2.46. The van der Waals surface area contributed by atoms with Gasteiger partial charge in [0.25, 0.3) is 0 Å². The maximum Gasteiger partial charge on any atom is 0.246 e. The number of rotatable bonds is 6. The third-order valence-electron chi connectivity index (χ3n) is 4.41. The Hall–Kier alpha value is -2.59. The van der Waals surface area contributed by atoms with Crippen LogP contribution in [0.15, 0.2) is 58.8 Å². The predicted molar refractivity (Wildman–Crippen MR) is 109 cm³/mol. The van der Waals surface area contributed by atoms with Crippen molar-refractivity contribution in [3.8, 4) is 22.3 Å². The monoisotopic (exact) mass is 434 g/mol. The molecule has 0 saturated carbocycles. The molecule has 0 spiro atoms. The number of sulfonamides is 1. The number of aryl methyl sites for hydroxylation is 1. The first-order valence-electron chi connectivity index (χ1n) is 8.62. The highest BCUT2D eigenvalue weighted by Crippen LogP contribution is 2.42. The number of amides is 1. The molecular formula is C20H19FN2O4S2. The molecular weight excluding hydrogens is 415 g/mol. The summed E-state index contributed by atoms with van der Waals surface area (Å²) in [6.07, 6.45) is 0.399. The topological polar surface area (TPSA) is 101 Å². The van der Waals surface area contributed by atoms with Gasteiger partial charge in [0.05, 0.1) is 4.90 Å². The van der Waals surface area contributed by atoms with Crippen LogP contribution in [-0.2, 0) is 21.2 Å². The summed E-state index contributed by atoms with van der Waals surface area (Å²) in [6.45, 7) is 0. The minimum absolute atomic E-state index is 0.0149. The lowest BCUT2D eigenvalue weighted by atomic mass is 9.95. The molecule has 152 valence electrons. The smallest absolute Gasteiger partial charge is 0.246 e. The standard InChI is InChI=1S/C20H19FN2O4S2/c1-23(25)19(24)11-10-17-20(13-6-8-14(21)9-7-13)16(12-28-17)15-4-2-3-5-18(15)29(22,26)27/h2-9,12,25H,10-11H2,1H3,(H2,22,26,27). The minimum Gasteiger partial charge on any atom is -0.286 e. The first kappa shape index (κ1) is 21.1. The molecule has 0 radical (unpaired) electrons. The lowest BCUT2D eigenvalue weighted by Gasteiger charge is -2.12. The number of thiophene rings is 1. The summed E-state index contributed by atoms with van der Waals surface area (Å²) < 4.78 is 37.6. The fourth-order valence-electron chi connectivity index (χ4n) is 3.03. The molecule has 0 aliphatic heterocycles. The zero-order valence-corrected chi connectivity index (χ0v) is 17.1. The van der Waals surface area contributed by atoms with E-state index in [-0.39, 0.29) is 11.3 Å². The largest absolute Gasteiger partial charge is 0.286 e. The van der Waals surface area contributed by atoms with Gasteiger partial charge >= 0.3 is 0 Å². The van der Waals surface area contributed by atoms with Crippen molar-refractivity contribution in [3.05, 3.63) is 64.6 Å². The van der Waals surface area contributed by atoms with E-state index in [1.165, 1.54) is 36.6 Å². The van der Waals surface area contributed by atoms with E-state index < -0.39 is 21.7 Å². The fraction of sp³-hybridized carbons (Fsp3) is 0.150. The second kappa shape index (κ2) is 8.42. The van der Waals surface area contributed by atoms with E-state index in [9.17, 15) is 22.8 Å². The van der Waals surface area contributed by atoms with Gasteiger partial charge in [0, 0.05) is 35.0 Å². The Balaban J connectivity index is 2.16. The fourth-order valence-corrected chi connectivity index (χ4v) is 4.86. The van der Waals surface area contributed by atoms with Crippen molar-refractivity contribution in [1.29, 1.82) is 0 Å². The van der Waals surface area contributed by atoms with Gasteiger partial charge in [-0.2, -0.15) is 0 Å². The molecule has 1 aromatic heterocycles. The van der Waals surface area contributed by atoms with Gasteiger partial charge in [-0.05, 0) is 35.6 Å². The average molecular weight is 435 g/mol. The number of carbonyl (C=O) groups excluding carboxylic acids is 1. The first-order chi connectivity index (χ1) is 13.7. The summed E-state index contributed by atoms with van der Waals surface area (Å²) in [4.78, 5) is 12.6. The maximum atomic E-state index is 13.4. The van der Waals surface area contributed by atoms with Gasteiger partial charge in [0.2, 0.25) is 15.9 Å². The molecule has 0 fully saturated rings. The Morgan fingerprint density at radius 1 is 1.14 bits per heavy atom. The predicted octanol–water partition coefficient (Wildman–Crippen LogP) is 3.65. The van der Waals surface area contributed by atoms with Crippen molar-refractivity contribution >= 4 is 27.3 Å². The van der Waals surface area contributed by atoms with E-state index >= 15 is 0 Å². The SMILES string of the molecule is CN(O)C(=O)CCc1scc(-c2ccccc2S(N)(=O)=O)c1-c1ccc(F)cc1. The van der Waals surface area contributed by atoms with Crippen LogP contribution >= 0.6 is 11.3 Å². The molecule has 6 nitrogen and oxygen atoms in total. The molecule has 0 atom stereocenters. The number of halogens is 1. The molecule has 1 heterocycles. The summed E-state index contributed by atoms with van der Waals surface area (Å²) in [5, 5.41) is 17.0. The Morgan fingerprint density at radius 3 is 2.41 bits per heavy atom. The first-order valence-corrected chi connectivity index (χ1v) is 11.0. The van der Waals surface area contributed by atoms with Gasteiger partial charge in [-0.25, -0.2) is 23.0 Å². The quantitative estimate of drug-likeness (QED) is 0.457. The minimum atomic E-state index is -3.96. The van der Waals surface area contributed by atoms with E-state index in [0.717, 1.165) is 4.88 Å². The number of hydroxylamine groups is 2. The second-order valence-corrected chi connectivity index (χ2v) is 8.91. The zero-order chi connectivity index (χ0) is 21.2. The van der Waals surface area contributed by atoms with Gasteiger partial charge < -0.3 is 0 Å². The Labute approximate surface area is 172 Å². The van der Waals surface area contributed by atoms with Crippen LogP contribution in [0.5, 0.6) is 0 Å². The van der Waals surface area contributed by atoms with Crippen LogP contribution in [0, 0.1) is 5.82 Å². The van der Waals surface area contributed by atoms with Crippen molar-refractivity contribution < 1.29 is 22.8 Å². The Bertz CT molecular complexity index is 1140. The number of hydrogen-bond donors (Lipinski definition) is 2. The van der Waals surface area contributed by atoms with Crippen molar-refractivity contribution in [1.82, 2.24) is 5.06 Å². The zero-order valence-electron chi connectivity index (χ0n) is 15.5. The number of benzene rings is 2. The van der Waals surface area contributed by atoms with E-state index in [1.807, 2.05) is 0 Å². The third kappa shape index (κ3) is 4.70. The molecule has 2 aromatic carbocycles. The lowest BCUT2D eigenvalue weighted by molar-refractivity contribution is -0.159. The third-order valence-corrected chi connectivity index (χ3v) is 6.43. The molecule has 0 bridgehead atoms. The number of nitrogens with two attached hydrogens (primary N) is 1. The average Bonchev–Trinajstić information content (AvgIpc) is 3.09. The van der Waals surface area contributed by atoms with Crippen LogP contribution in [0.2, 0.25) is 0 Å². The highest BCUT2D eigenvalue weighted by atomic mass is 32.2. The molecule has 3 rings (SSSR count). The van der Waals surface area contributed by atoms with E-state index in [0.29, 0.717) is 33.7 Å². The Kier molecular flexibility index (Phi) is 6.13. The van der Waals surface area contributed by atoms with Gasteiger partial charge in [-0.15, -0.1) is 11.3 Å². The van der Waals surface area contributed by atoms with Crippen LogP contribution < -0.4 is 5.14 Å². The maximum absolute atomic E-state index is 13.4. The van der Waals surface area contributed by atoms with E-state index in [4.69, 9.17) is 5.14 Å². The molecule has 29 heavy (non-hydrogen) atoms. The molecule has 0 saturated heterocycles. The van der Waals surface area contributed by atoms with Gasteiger partial charge in [0.1, 0.15) is 5.82 Å². The molecule has 0 aliphatic carbocycles. The molecule has 1 amide bonds. The van der Waals surface area contributed by atoms with Gasteiger partial charge in [0.15, 0.2) is 0 Å². The highest BCUT2D eigenvalue weighted by Gasteiger charge is 2.22. The van der Waals surface area contributed by atoms with Crippen LogP contribution in [-0.4, -0.2) is 31.6 Å². The van der Waals surface area contributed by atoms with Crippen LogP contribution in [0.1, 0.15) is 11.3 Å². The van der Waals surface area contributed by atoms with E-state index in [1.54, 1.807) is 35.7 Å². The number of hydrogen-bond acceptors (Lipinski definition) is 5. The lowest BCUT2D eigenvalue weighted by Crippen LogP contribution is -2.22. The van der Waals surface area contributed by atoms with Crippen LogP contribution in [0.25, 0.3) is 22.3 Å². The van der Waals surface area contributed by atoms with Crippen LogP contribution in [0.3, 0.4) is 0 Å². The van der Waals surface area contributed by atoms with Crippen molar-refractivity contribution in [2.45, 2.75) is 17.7 Å². The normalized spacial score (nSPS) is 11.4. The number of carbonyl (C=O) groups is 1. The molecule has 0 aliphatic rings. The Morgan fingerprint density at radius 2 is 1.79 bits per heavy atom. The molecule has 3 aromatic rings.